The number of nitrogens with one attached hydrogen (secondary N) is 3. The first-order valence-corrected chi connectivity index (χ1v) is 6.96. The number of pyridine rings is 1. The minimum atomic E-state index is 0.315. The van der Waals surface area contributed by atoms with Crippen molar-refractivity contribution >= 4 is 34.0 Å². The highest BCUT2D eigenvalue weighted by atomic mass is 16.5. The van der Waals surface area contributed by atoms with E-state index >= 15 is 0 Å². The number of aromatic nitrogens is 4. The van der Waals surface area contributed by atoms with Crippen LogP contribution in [0.2, 0.25) is 0 Å². The second-order valence-corrected chi connectivity index (χ2v) is 5.17. The molecule has 0 spiro atoms. The van der Waals surface area contributed by atoms with Crippen molar-refractivity contribution in [3.8, 4) is 0 Å². The van der Waals surface area contributed by atoms with E-state index in [-0.39, 0.29) is 0 Å². The van der Waals surface area contributed by atoms with E-state index in [0.717, 1.165) is 22.5 Å². The lowest BCUT2D eigenvalue weighted by Gasteiger charge is -2.27. The lowest BCUT2D eigenvalue weighted by atomic mass is 10.2. The van der Waals surface area contributed by atoms with Gasteiger partial charge in [0, 0.05) is 5.69 Å². The number of H-pyrrole nitrogens is 1. The van der Waals surface area contributed by atoms with Crippen LogP contribution in [0.3, 0.4) is 0 Å². The molecular weight excluding hydrogens is 282 g/mol. The molecule has 5 N–H and O–H groups in total. The summed E-state index contributed by atoms with van der Waals surface area (Å²) in [6, 6.07) is 9.68. The molecule has 22 heavy (non-hydrogen) atoms. The van der Waals surface area contributed by atoms with Crippen molar-refractivity contribution in [2.24, 2.45) is 0 Å². The van der Waals surface area contributed by atoms with E-state index in [1.54, 1.807) is 0 Å². The molecule has 2 aromatic heterocycles. The number of rotatable bonds is 4. The molecule has 3 heterocycles. The summed E-state index contributed by atoms with van der Waals surface area (Å²) < 4.78 is 5.14. The maximum atomic E-state index is 6.00. The Hall–Kier alpha value is -2.87. The minimum Gasteiger partial charge on any atom is -0.396 e. The van der Waals surface area contributed by atoms with Crippen molar-refractivity contribution in [2.45, 2.75) is 6.04 Å². The summed E-state index contributed by atoms with van der Waals surface area (Å²) in [6.07, 6.45) is 0. The van der Waals surface area contributed by atoms with E-state index in [2.05, 4.69) is 31.0 Å². The third-order valence-corrected chi connectivity index (χ3v) is 3.50. The van der Waals surface area contributed by atoms with Gasteiger partial charge in [-0.1, -0.05) is 0 Å². The molecule has 4 rings (SSSR count). The van der Waals surface area contributed by atoms with Crippen LogP contribution in [-0.2, 0) is 4.74 Å². The Morgan fingerprint density at radius 3 is 2.82 bits per heavy atom. The van der Waals surface area contributed by atoms with E-state index in [4.69, 9.17) is 10.5 Å². The summed E-state index contributed by atoms with van der Waals surface area (Å²) in [4.78, 5) is 4.51. The highest BCUT2D eigenvalue weighted by molar-refractivity contribution is 5.80. The third-order valence-electron chi connectivity index (χ3n) is 3.50. The number of nitrogens with two attached hydrogens (primary N) is 1. The van der Waals surface area contributed by atoms with E-state index < -0.39 is 0 Å². The molecule has 0 aliphatic carbocycles. The molecule has 0 amide bonds. The van der Waals surface area contributed by atoms with Gasteiger partial charge in [0.05, 0.1) is 24.9 Å². The highest BCUT2D eigenvalue weighted by Gasteiger charge is 2.18. The number of ether oxygens (including phenoxy) is 1. The van der Waals surface area contributed by atoms with Gasteiger partial charge in [-0.15, -0.1) is 0 Å². The second-order valence-electron chi connectivity index (χ2n) is 5.17. The Kier molecular flexibility index (Phi) is 3.01. The van der Waals surface area contributed by atoms with Crippen LogP contribution in [0.15, 0.2) is 30.3 Å². The summed E-state index contributed by atoms with van der Waals surface area (Å²) in [5.74, 6) is 1.38. The summed E-state index contributed by atoms with van der Waals surface area (Å²) in [6.45, 7) is 1.41. The molecule has 1 aliphatic rings. The van der Waals surface area contributed by atoms with Crippen molar-refractivity contribution in [2.75, 3.05) is 29.6 Å². The van der Waals surface area contributed by atoms with Crippen LogP contribution < -0.4 is 16.4 Å². The van der Waals surface area contributed by atoms with Crippen molar-refractivity contribution in [1.29, 1.82) is 0 Å². The Balaban J connectivity index is 1.58. The maximum Gasteiger partial charge on any atom is 0.156 e. The van der Waals surface area contributed by atoms with Gasteiger partial charge in [-0.3, -0.25) is 0 Å². The summed E-state index contributed by atoms with van der Waals surface area (Å²) in [7, 11) is 0. The predicted molar refractivity (Wildman–Crippen MR) is 84.1 cm³/mol. The molecule has 0 saturated carbocycles. The molecule has 1 aliphatic heterocycles. The monoisotopic (exact) mass is 297 g/mol. The van der Waals surface area contributed by atoms with Crippen molar-refractivity contribution in [1.82, 2.24) is 20.4 Å². The number of hydrogen-bond donors (Lipinski definition) is 4. The van der Waals surface area contributed by atoms with Crippen LogP contribution in [-0.4, -0.2) is 39.7 Å². The standard InChI is InChI=1S/C14H15N7O/c15-10-2-4-13(16-9-6-22-7-9)18-14(10)17-8-1-3-11-12(5-8)20-21-19-11/h1-5,9H,6-7,15H2,(H2,16,17,18)(H,19,20,21). The van der Waals surface area contributed by atoms with Crippen LogP contribution in [0.1, 0.15) is 0 Å². The van der Waals surface area contributed by atoms with Gasteiger partial charge in [-0.2, -0.15) is 15.4 Å². The first kappa shape index (κ1) is 12.8. The molecule has 1 saturated heterocycles. The van der Waals surface area contributed by atoms with Gasteiger partial charge in [0.2, 0.25) is 0 Å². The quantitative estimate of drug-likeness (QED) is 0.577. The Morgan fingerprint density at radius 1 is 1.14 bits per heavy atom. The van der Waals surface area contributed by atoms with Gasteiger partial charge >= 0.3 is 0 Å². The summed E-state index contributed by atoms with van der Waals surface area (Å²) in [5.41, 5.74) is 9.02. The zero-order valence-electron chi connectivity index (χ0n) is 11.7. The first-order chi connectivity index (χ1) is 10.8. The lowest BCUT2D eigenvalue weighted by Crippen LogP contribution is -2.40. The molecule has 3 aromatic rings. The number of nitrogens with zero attached hydrogens (tertiary/aromatic N) is 3. The average molecular weight is 297 g/mol. The lowest BCUT2D eigenvalue weighted by molar-refractivity contribution is 0.0209. The fourth-order valence-corrected chi connectivity index (χ4v) is 2.23. The van der Waals surface area contributed by atoms with E-state index in [1.165, 1.54) is 0 Å². The smallest absolute Gasteiger partial charge is 0.156 e. The van der Waals surface area contributed by atoms with Crippen LogP contribution >= 0.6 is 0 Å². The zero-order chi connectivity index (χ0) is 14.9. The minimum absolute atomic E-state index is 0.315. The van der Waals surface area contributed by atoms with E-state index in [9.17, 15) is 0 Å². The number of aromatic amines is 1. The van der Waals surface area contributed by atoms with Gasteiger partial charge in [0.15, 0.2) is 5.82 Å². The van der Waals surface area contributed by atoms with Gasteiger partial charge < -0.3 is 21.1 Å². The number of anilines is 4. The highest BCUT2D eigenvalue weighted by Crippen LogP contribution is 2.25. The molecule has 0 bridgehead atoms. The first-order valence-electron chi connectivity index (χ1n) is 6.96. The number of nitrogen functional groups attached to an aromatic ring is 1. The SMILES string of the molecule is Nc1ccc(NC2COC2)nc1Nc1ccc2n[nH]nc2c1. The molecule has 8 nitrogen and oxygen atoms in total. The van der Waals surface area contributed by atoms with Gasteiger partial charge in [0.1, 0.15) is 16.9 Å². The Bertz CT molecular complexity index is 812. The fourth-order valence-electron chi connectivity index (χ4n) is 2.23. The maximum absolute atomic E-state index is 6.00. The molecular formula is C14H15N7O. The fraction of sp³-hybridized carbons (Fsp3) is 0.214. The van der Waals surface area contributed by atoms with Gasteiger partial charge in [0.25, 0.3) is 0 Å². The zero-order valence-corrected chi connectivity index (χ0v) is 11.7. The average Bonchev–Trinajstić information content (AvgIpc) is 2.93. The molecule has 1 aromatic carbocycles. The van der Waals surface area contributed by atoms with E-state index in [1.807, 2.05) is 30.3 Å². The molecule has 0 radical (unpaired) electrons. The number of fused-ring (bicyclic) bond motifs is 1. The van der Waals surface area contributed by atoms with Crippen LogP contribution in [0, 0.1) is 0 Å². The van der Waals surface area contributed by atoms with Crippen LogP contribution in [0.5, 0.6) is 0 Å². The normalized spacial score (nSPS) is 14.7. The summed E-state index contributed by atoms with van der Waals surface area (Å²) in [5, 5.41) is 17.2. The van der Waals surface area contributed by atoms with Crippen LogP contribution in [0.4, 0.5) is 23.0 Å². The van der Waals surface area contributed by atoms with Crippen LogP contribution in [0.25, 0.3) is 11.0 Å². The van der Waals surface area contributed by atoms with Gasteiger partial charge in [-0.25, -0.2) is 4.98 Å². The number of benzene rings is 1. The largest absolute Gasteiger partial charge is 0.396 e. The molecule has 8 heteroatoms. The van der Waals surface area contributed by atoms with Gasteiger partial charge in [-0.05, 0) is 30.3 Å². The molecule has 1 fully saturated rings. The topological polar surface area (TPSA) is 114 Å². The molecule has 0 unspecified atom stereocenters. The predicted octanol–water partition coefficient (Wildman–Crippen LogP) is 1.49. The molecule has 0 atom stereocenters. The molecule has 112 valence electrons. The van der Waals surface area contributed by atoms with Crippen molar-refractivity contribution in [3.63, 3.8) is 0 Å². The third kappa shape index (κ3) is 2.40. The van der Waals surface area contributed by atoms with E-state index in [0.29, 0.717) is 30.8 Å². The van der Waals surface area contributed by atoms with Crippen molar-refractivity contribution in [3.05, 3.63) is 30.3 Å². The summed E-state index contributed by atoms with van der Waals surface area (Å²) >= 11 is 0. The second kappa shape index (κ2) is 5.15. The van der Waals surface area contributed by atoms with Crippen molar-refractivity contribution < 1.29 is 4.74 Å². The Labute approximate surface area is 126 Å². The number of hydrogen-bond acceptors (Lipinski definition) is 7. The Morgan fingerprint density at radius 2 is 2.00 bits per heavy atom.